The van der Waals surface area contributed by atoms with Crippen LogP contribution in [0, 0.1) is 0 Å². The van der Waals surface area contributed by atoms with Crippen molar-refractivity contribution in [3.05, 3.63) is 65.4 Å². The predicted molar refractivity (Wildman–Crippen MR) is 108 cm³/mol. The molecule has 0 bridgehead atoms. The van der Waals surface area contributed by atoms with E-state index in [1.54, 1.807) is 24.3 Å². The third kappa shape index (κ3) is 3.46. The smallest absolute Gasteiger partial charge is 0.534 e. The molecule has 148 valence electrons. The fourth-order valence-electron chi connectivity index (χ4n) is 3.72. The van der Waals surface area contributed by atoms with E-state index < -0.39 is 19.0 Å². The molecule has 0 saturated heterocycles. The van der Waals surface area contributed by atoms with Crippen molar-refractivity contribution in [2.24, 2.45) is 5.73 Å². The van der Waals surface area contributed by atoms with Crippen LogP contribution in [-0.2, 0) is 13.0 Å². The molecule has 0 unspecified atom stereocenters. The molecule has 1 aromatic heterocycles. The predicted octanol–water partition coefficient (Wildman–Crippen LogP) is 1.05. The minimum atomic E-state index is -1.35. The molecule has 4 rings (SSSR count). The van der Waals surface area contributed by atoms with Crippen LogP contribution < -0.4 is 15.7 Å². The second-order valence-electron chi connectivity index (χ2n) is 6.93. The number of hydrogen-bond donors (Lipinski definition) is 4. The molecule has 0 aliphatic carbocycles. The maximum Gasteiger partial charge on any atom is 0.547 e. The lowest BCUT2D eigenvalue weighted by Crippen LogP contribution is -2.53. The Morgan fingerprint density at radius 2 is 1.97 bits per heavy atom. The van der Waals surface area contributed by atoms with Gasteiger partial charge in [-0.3, -0.25) is 4.79 Å². The molecule has 1 atom stereocenters. The Morgan fingerprint density at radius 3 is 2.72 bits per heavy atom. The highest BCUT2D eigenvalue weighted by atomic mass is 16.5. The molecule has 2 heterocycles. The molecule has 0 fully saturated rings. The van der Waals surface area contributed by atoms with Gasteiger partial charge in [0.2, 0.25) is 0 Å². The maximum atomic E-state index is 12.9. The number of carboxylic acids is 1. The Morgan fingerprint density at radius 1 is 1.21 bits per heavy atom. The van der Waals surface area contributed by atoms with Crippen molar-refractivity contribution in [2.75, 3.05) is 6.54 Å². The van der Waals surface area contributed by atoms with Crippen molar-refractivity contribution < 1.29 is 24.4 Å². The van der Waals surface area contributed by atoms with Crippen LogP contribution in [-0.4, -0.2) is 46.2 Å². The average molecular weight is 393 g/mol. The van der Waals surface area contributed by atoms with Crippen molar-refractivity contribution in [3.8, 4) is 5.75 Å². The van der Waals surface area contributed by atoms with Gasteiger partial charge in [-0.05, 0) is 36.2 Å². The fraction of sp³-hybridized carbons (Fsp3) is 0.200. The first-order chi connectivity index (χ1) is 14.0. The largest absolute Gasteiger partial charge is 0.547 e. The number of amides is 1. The van der Waals surface area contributed by atoms with Gasteiger partial charge >= 0.3 is 13.1 Å². The Labute approximate surface area is 167 Å². The Hall–Kier alpha value is -3.30. The van der Waals surface area contributed by atoms with Gasteiger partial charge in [-0.15, -0.1) is 0 Å². The van der Waals surface area contributed by atoms with Gasteiger partial charge in [-0.2, -0.15) is 0 Å². The summed E-state index contributed by atoms with van der Waals surface area (Å²) < 4.78 is 7.42. The first-order valence-corrected chi connectivity index (χ1v) is 9.28. The quantitative estimate of drug-likeness (QED) is 0.480. The number of carboxylic acid groups (broad SMARTS) is 1. The summed E-state index contributed by atoms with van der Waals surface area (Å²) in [5.74, 6) is -2.05. The van der Waals surface area contributed by atoms with E-state index >= 15 is 0 Å². The van der Waals surface area contributed by atoms with E-state index in [0.29, 0.717) is 24.2 Å². The lowest BCUT2D eigenvalue weighted by Gasteiger charge is -2.29. The summed E-state index contributed by atoms with van der Waals surface area (Å²) in [6.07, 6.45) is 2.14. The SMILES string of the molecule is NCCn1ccc2c(C(=O)N[C@H]3Cc4cccc(C(=O)O)c4OB3O)cccc21. The topological polar surface area (TPSA) is 127 Å². The number of nitrogens with zero attached hydrogens (tertiary/aromatic N) is 1. The molecule has 3 aromatic rings. The number of para-hydroxylation sites is 1. The Bertz CT molecular complexity index is 1100. The molecule has 0 saturated carbocycles. The van der Waals surface area contributed by atoms with E-state index in [4.69, 9.17) is 10.4 Å². The monoisotopic (exact) mass is 393 g/mol. The van der Waals surface area contributed by atoms with Gasteiger partial charge in [-0.25, -0.2) is 4.79 Å². The summed E-state index contributed by atoms with van der Waals surface area (Å²) in [5.41, 5.74) is 7.62. The maximum absolute atomic E-state index is 12.9. The van der Waals surface area contributed by atoms with E-state index in [0.717, 1.165) is 10.9 Å². The first kappa shape index (κ1) is 19.0. The summed E-state index contributed by atoms with van der Waals surface area (Å²) >= 11 is 0. The van der Waals surface area contributed by atoms with Crippen LogP contribution in [0.25, 0.3) is 10.9 Å². The second kappa shape index (κ2) is 7.61. The number of nitrogens with two attached hydrogens (primary N) is 1. The number of benzene rings is 2. The van der Waals surface area contributed by atoms with Crippen molar-refractivity contribution in [1.82, 2.24) is 9.88 Å². The van der Waals surface area contributed by atoms with Crippen molar-refractivity contribution in [2.45, 2.75) is 18.9 Å². The summed E-state index contributed by atoms with van der Waals surface area (Å²) in [7, 11) is -1.35. The molecule has 5 N–H and O–H groups in total. The van der Waals surface area contributed by atoms with Crippen molar-refractivity contribution in [3.63, 3.8) is 0 Å². The number of carbonyl (C=O) groups is 2. The van der Waals surface area contributed by atoms with Crippen LogP contribution >= 0.6 is 0 Å². The molecule has 0 spiro atoms. The van der Waals surface area contributed by atoms with Crippen LogP contribution in [0.4, 0.5) is 0 Å². The standard InChI is InChI=1S/C20H20BN3O5/c22-8-10-24-9-7-13-14(4-2-6-16(13)24)19(25)23-17-11-12-3-1-5-15(20(26)27)18(12)29-21(17)28/h1-7,9,17,28H,8,10-11,22H2,(H,23,25)(H,26,27)/t17-/m0/s1. The molecular weight excluding hydrogens is 373 g/mol. The van der Waals surface area contributed by atoms with Crippen molar-refractivity contribution in [1.29, 1.82) is 0 Å². The van der Waals surface area contributed by atoms with E-state index in [1.807, 2.05) is 22.9 Å². The number of fused-ring (bicyclic) bond motifs is 2. The molecule has 1 aliphatic heterocycles. The molecule has 0 radical (unpaired) electrons. The zero-order valence-corrected chi connectivity index (χ0v) is 15.5. The van der Waals surface area contributed by atoms with Gasteiger partial charge in [0.25, 0.3) is 5.91 Å². The first-order valence-electron chi connectivity index (χ1n) is 9.28. The van der Waals surface area contributed by atoms with Gasteiger partial charge in [0.1, 0.15) is 5.75 Å². The number of nitrogens with one attached hydrogen (secondary N) is 1. The molecule has 1 amide bonds. The minimum absolute atomic E-state index is 0.0164. The lowest BCUT2D eigenvalue weighted by atomic mass is 9.72. The highest BCUT2D eigenvalue weighted by molar-refractivity contribution is 6.47. The number of rotatable bonds is 5. The average Bonchev–Trinajstić information content (AvgIpc) is 3.11. The van der Waals surface area contributed by atoms with E-state index in [9.17, 15) is 19.7 Å². The van der Waals surface area contributed by atoms with Crippen LogP contribution in [0.1, 0.15) is 26.3 Å². The molecule has 1 aliphatic rings. The summed E-state index contributed by atoms with van der Waals surface area (Å²) in [4.78, 5) is 24.3. The molecule has 29 heavy (non-hydrogen) atoms. The molecular formula is C20H20BN3O5. The Balaban J connectivity index is 1.59. The highest BCUT2D eigenvalue weighted by Gasteiger charge is 2.38. The van der Waals surface area contributed by atoms with Crippen LogP contribution in [0.2, 0.25) is 0 Å². The summed E-state index contributed by atoms with van der Waals surface area (Å²) in [6.45, 7) is 1.13. The zero-order valence-electron chi connectivity index (χ0n) is 15.5. The van der Waals surface area contributed by atoms with E-state index in [2.05, 4.69) is 5.32 Å². The molecule has 8 nitrogen and oxygen atoms in total. The van der Waals surface area contributed by atoms with Crippen molar-refractivity contribution >= 4 is 29.9 Å². The third-order valence-corrected chi connectivity index (χ3v) is 5.09. The summed E-state index contributed by atoms with van der Waals surface area (Å²) in [6, 6.07) is 12.1. The normalized spacial score (nSPS) is 15.7. The van der Waals surface area contributed by atoms with Crippen LogP contribution in [0.5, 0.6) is 5.75 Å². The van der Waals surface area contributed by atoms with Gasteiger partial charge < -0.3 is 30.4 Å². The zero-order chi connectivity index (χ0) is 20.5. The second-order valence-corrected chi connectivity index (χ2v) is 6.93. The van der Waals surface area contributed by atoms with E-state index in [-0.39, 0.29) is 23.6 Å². The van der Waals surface area contributed by atoms with Gasteiger partial charge in [0.05, 0.1) is 11.5 Å². The number of aromatic nitrogens is 1. The van der Waals surface area contributed by atoms with Gasteiger partial charge in [0, 0.05) is 35.8 Å². The van der Waals surface area contributed by atoms with Crippen LogP contribution in [0.3, 0.4) is 0 Å². The number of hydrogen-bond acceptors (Lipinski definition) is 5. The van der Waals surface area contributed by atoms with Crippen LogP contribution in [0.15, 0.2) is 48.7 Å². The fourth-order valence-corrected chi connectivity index (χ4v) is 3.72. The Kier molecular flexibility index (Phi) is 5.00. The van der Waals surface area contributed by atoms with Gasteiger partial charge in [0.15, 0.2) is 0 Å². The molecule has 2 aromatic carbocycles. The van der Waals surface area contributed by atoms with Gasteiger partial charge in [-0.1, -0.05) is 18.2 Å². The minimum Gasteiger partial charge on any atom is -0.534 e. The summed E-state index contributed by atoms with van der Waals surface area (Å²) in [5, 5.41) is 23.2. The number of carbonyl (C=O) groups excluding carboxylic acids is 1. The highest BCUT2D eigenvalue weighted by Crippen LogP contribution is 2.30. The van der Waals surface area contributed by atoms with E-state index in [1.165, 1.54) is 6.07 Å². The number of aromatic carboxylic acids is 1. The third-order valence-electron chi connectivity index (χ3n) is 5.09. The lowest BCUT2D eigenvalue weighted by molar-refractivity contribution is 0.0693. The molecule has 9 heteroatoms.